The highest BCUT2D eigenvalue weighted by molar-refractivity contribution is 6.39. The van der Waals surface area contributed by atoms with Gasteiger partial charge in [-0.25, -0.2) is 9.69 Å². The Hall–Kier alpha value is -3.61. The highest BCUT2D eigenvalue weighted by Gasteiger charge is 2.36. The molecule has 0 atom stereocenters. The van der Waals surface area contributed by atoms with Gasteiger partial charge in [0, 0.05) is 30.4 Å². The Labute approximate surface area is 175 Å². The summed E-state index contributed by atoms with van der Waals surface area (Å²) in [5.74, 6) is -0.837. The Kier molecular flexibility index (Phi) is 6.51. The molecule has 1 fully saturated rings. The van der Waals surface area contributed by atoms with Gasteiger partial charge in [0.2, 0.25) is 0 Å². The molecule has 2 aromatic carbocycles. The Morgan fingerprint density at radius 2 is 1.70 bits per heavy atom. The van der Waals surface area contributed by atoms with Gasteiger partial charge in [-0.3, -0.25) is 14.9 Å². The van der Waals surface area contributed by atoms with E-state index in [4.69, 9.17) is 4.74 Å². The number of nitrogens with one attached hydrogen (secondary N) is 1. The van der Waals surface area contributed by atoms with Gasteiger partial charge in [0.1, 0.15) is 11.3 Å². The summed E-state index contributed by atoms with van der Waals surface area (Å²) >= 11 is 0. The van der Waals surface area contributed by atoms with Gasteiger partial charge in [-0.15, -0.1) is 0 Å². The van der Waals surface area contributed by atoms with E-state index in [9.17, 15) is 14.4 Å². The second kappa shape index (κ2) is 9.26. The summed E-state index contributed by atoms with van der Waals surface area (Å²) in [6, 6.07) is 13.4. The summed E-state index contributed by atoms with van der Waals surface area (Å²) < 4.78 is 5.77. The third kappa shape index (κ3) is 4.20. The van der Waals surface area contributed by atoms with Crippen molar-refractivity contribution in [2.75, 3.05) is 29.5 Å². The number of nitrogens with zero attached hydrogens (tertiary/aromatic N) is 2. The largest absolute Gasteiger partial charge is 0.493 e. The zero-order chi connectivity index (χ0) is 21.7. The van der Waals surface area contributed by atoms with Crippen molar-refractivity contribution in [2.24, 2.45) is 0 Å². The maximum atomic E-state index is 13.0. The number of carbonyl (C=O) groups excluding carboxylic acids is 3. The third-order valence-corrected chi connectivity index (χ3v) is 4.84. The second-order valence-corrected chi connectivity index (χ2v) is 6.62. The van der Waals surface area contributed by atoms with E-state index in [2.05, 4.69) is 24.1 Å². The van der Waals surface area contributed by atoms with Crippen LogP contribution in [0.3, 0.4) is 0 Å². The number of para-hydroxylation sites is 1. The Balaban J connectivity index is 2.02. The molecule has 7 nitrogen and oxygen atoms in total. The normalized spacial score (nSPS) is 15.4. The smallest absolute Gasteiger partial charge is 0.335 e. The highest BCUT2D eigenvalue weighted by Crippen LogP contribution is 2.29. The molecule has 156 valence electrons. The molecule has 0 spiro atoms. The first-order valence-corrected chi connectivity index (χ1v) is 9.98. The molecule has 4 amide bonds. The van der Waals surface area contributed by atoms with E-state index in [0.717, 1.165) is 23.7 Å². The summed E-state index contributed by atoms with van der Waals surface area (Å²) in [4.78, 5) is 40.9. The molecule has 0 radical (unpaired) electrons. The van der Waals surface area contributed by atoms with Crippen LogP contribution in [0.1, 0.15) is 26.3 Å². The quantitative estimate of drug-likeness (QED) is 0.560. The van der Waals surface area contributed by atoms with E-state index in [1.165, 1.54) is 6.08 Å². The Morgan fingerprint density at radius 3 is 2.33 bits per heavy atom. The predicted octanol–water partition coefficient (Wildman–Crippen LogP) is 3.60. The van der Waals surface area contributed by atoms with Crippen LogP contribution in [0.5, 0.6) is 5.75 Å². The lowest BCUT2D eigenvalue weighted by Crippen LogP contribution is -2.54. The van der Waals surface area contributed by atoms with Crippen LogP contribution in [0, 0.1) is 0 Å². The average Bonchev–Trinajstić information content (AvgIpc) is 2.74. The first-order chi connectivity index (χ1) is 14.5. The summed E-state index contributed by atoms with van der Waals surface area (Å²) in [5.41, 5.74) is 1.84. The number of hydrogen-bond donors (Lipinski definition) is 1. The van der Waals surface area contributed by atoms with Gasteiger partial charge < -0.3 is 9.64 Å². The monoisotopic (exact) mass is 407 g/mol. The summed E-state index contributed by atoms with van der Waals surface area (Å²) in [7, 11) is 0. The predicted molar refractivity (Wildman–Crippen MR) is 117 cm³/mol. The molecular weight excluding hydrogens is 382 g/mol. The van der Waals surface area contributed by atoms with Crippen LogP contribution in [0.15, 0.2) is 54.1 Å². The molecule has 1 aliphatic rings. The highest BCUT2D eigenvalue weighted by atomic mass is 16.5. The first kappa shape index (κ1) is 21.1. The maximum absolute atomic E-state index is 13.0. The zero-order valence-electron chi connectivity index (χ0n) is 17.3. The van der Waals surface area contributed by atoms with E-state index in [0.29, 0.717) is 23.6 Å². The standard InChI is InChI=1S/C23H25N3O4/c1-4-25(5-2)18-13-12-16(20(15-18)30-6-3)14-19-21(27)24-23(29)26(22(19)28)17-10-8-7-9-11-17/h7-15H,4-6H2,1-3H3,(H,24,27,29). The molecule has 1 N–H and O–H groups in total. The molecule has 30 heavy (non-hydrogen) atoms. The first-order valence-electron chi connectivity index (χ1n) is 9.98. The van der Waals surface area contributed by atoms with Gasteiger partial charge >= 0.3 is 6.03 Å². The van der Waals surface area contributed by atoms with Crippen molar-refractivity contribution < 1.29 is 19.1 Å². The van der Waals surface area contributed by atoms with Crippen molar-refractivity contribution in [1.82, 2.24) is 5.32 Å². The van der Waals surface area contributed by atoms with Crippen molar-refractivity contribution in [1.29, 1.82) is 0 Å². The molecule has 0 aromatic heterocycles. The van der Waals surface area contributed by atoms with Gasteiger partial charge in [0.25, 0.3) is 11.8 Å². The van der Waals surface area contributed by atoms with Crippen LogP contribution < -0.4 is 19.9 Å². The van der Waals surface area contributed by atoms with Crippen molar-refractivity contribution in [3.8, 4) is 5.75 Å². The van der Waals surface area contributed by atoms with Crippen molar-refractivity contribution in [3.05, 3.63) is 59.7 Å². The molecule has 0 bridgehead atoms. The summed E-state index contributed by atoms with van der Waals surface area (Å²) in [6.45, 7) is 8.14. The third-order valence-electron chi connectivity index (χ3n) is 4.84. The van der Waals surface area contributed by atoms with Gasteiger partial charge in [0.15, 0.2) is 0 Å². The minimum absolute atomic E-state index is 0.130. The number of barbiturate groups is 1. The SMILES string of the molecule is CCOc1cc(N(CC)CC)ccc1C=C1C(=O)NC(=O)N(c2ccccc2)C1=O. The van der Waals surface area contributed by atoms with Crippen LogP contribution in [-0.4, -0.2) is 37.5 Å². The Morgan fingerprint density at radius 1 is 1.00 bits per heavy atom. The molecule has 0 aliphatic carbocycles. The number of urea groups is 1. The number of hydrogen-bond acceptors (Lipinski definition) is 5. The molecule has 1 heterocycles. The lowest BCUT2D eigenvalue weighted by Gasteiger charge is -2.26. The van der Waals surface area contributed by atoms with Gasteiger partial charge in [-0.1, -0.05) is 18.2 Å². The van der Waals surface area contributed by atoms with Crippen LogP contribution in [0.25, 0.3) is 6.08 Å². The maximum Gasteiger partial charge on any atom is 0.335 e. The van der Waals surface area contributed by atoms with Crippen molar-refractivity contribution in [3.63, 3.8) is 0 Å². The number of anilines is 2. The topological polar surface area (TPSA) is 79.0 Å². The molecule has 0 saturated carbocycles. The van der Waals surface area contributed by atoms with Crippen molar-refractivity contribution in [2.45, 2.75) is 20.8 Å². The molecule has 0 unspecified atom stereocenters. The van der Waals surface area contributed by atoms with Crippen LogP contribution in [0.2, 0.25) is 0 Å². The minimum Gasteiger partial charge on any atom is -0.493 e. The van der Waals surface area contributed by atoms with Gasteiger partial charge in [-0.05, 0) is 51.1 Å². The van der Waals surface area contributed by atoms with Gasteiger partial charge in [0.05, 0.1) is 12.3 Å². The molecule has 3 rings (SSSR count). The lowest BCUT2D eigenvalue weighted by atomic mass is 10.1. The molecular formula is C23H25N3O4. The average molecular weight is 407 g/mol. The fraction of sp³-hybridized carbons (Fsp3) is 0.261. The van der Waals surface area contributed by atoms with E-state index < -0.39 is 17.8 Å². The van der Waals surface area contributed by atoms with E-state index in [1.807, 2.05) is 25.1 Å². The van der Waals surface area contributed by atoms with E-state index >= 15 is 0 Å². The fourth-order valence-electron chi connectivity index (χ4n) is 3.33. The fourth-order valence-corrected chi connectivity index (χ4v) is 3.33. The van der Waals surface area contributed by atoms with Crippen LogP contribution in [0.4, 0.5) is 16.2 Å². The van der Waals surface area contributed by atoms with E-state index in [1.54, 1.807) is 30.3 Å². The number of benzene rings is 2. The summed E-state index contributed by atoms with van der Waals surface area (Å²) in [5, 5.41) is 2.24. The summed E-state index contributed by atoms with van der Waals surface area (Å²) in [6.07, 6.45) is 1.47. The number of imide groups is 2. The molecule has 1 aliphatic heterocycles. The molecule has 7 heteroatoms. The van der Waals surface area contributed by atoms with Gasteiger partial charge in [-0.2, -0.15) is 0 Å². The lowest BCUT2D eigenvalue weighted by molar-refractivity contribution is -0.122. The van der Waals surface area contributed by atoms with E-state index in [-0.39, 0.29) is 5.57 Å². The minimum atomic E-state index is -0.768. The van der Waals surface area contributed by atoms with Crippen LogP contribution in [-0.2, 0) is 9.59 Å². The number of amides is 4. The van der Waals surface area contributed by atoms with Crippen LogP contribution >= 0.6 is 0 Å². The molecule has 2 aromatic rings. The number of carbonyl (C=O) groups is 3. The molecule has 1 saturated heterocycles. The Bertz CT molecular complexity index is 981. The number of rotatable bonds is 7. The number of ether oxygens (including phenoxy) is 1. The second-order valence-electron chi connectivity index (χ2n) is 6.62. The zero-order valence-corrected chi connectivity index (χ0v) is 17.3. The van der Waals surface area contributed by atoms with Crippen molar-refractivity contribution >= 4 is 35.3 Å².